The molecule has 2 aromatic heterocycles. The van der Waals surface area contributed by atoms with Gasteiger partial charge in [0.2, 0.25) is 11.8 Å². The number of fused-ring (bicyclic) bond motifs is 1. The van der Waals surface area contributed by atoms with E-state index in [2.05, 4.69) is 51.1 Å². The third-order valence-electron chi connectivity index (χ3n) is 5.65. The summed E-state index contributed by atoms with van der Waals surface area (Å²) in [5.74, 6) is 2.70. The molecule has 9 heteroatoms. The molecule has 1 saturated heterocycles. The van der Waals surface area contributed by atoms with Crippen LogP contribution in [0.15, 0.2) is 34.6 Å². The smallest absolute Gasteiger partial charge is 0.223 e. The number of aromatic nitrogens is 2. The van der Waals surface area contributed by atoms with Crippen LogP contribution in [0.3, 0.4) is 0 Å². The Morgan fingerprint density at radius 2 is 1.77 bits per heavy atom. The molecular formula is C22H26N6O2S. The van der Waals surface area contributed by atoms with Crippen molar-refractivity contribution in [2.45, 2.75) is 19.4 Å². The number of piperazine rings is 1. The highest BCUT2D eigenvalue weighted by Gasteiger charge is 2.31. The summed E-state index contributed by atoms with van der Waals surface area (Å²) in [7, 11) is 1.68. The maximum absolute atomic E-state index is 6.06. The van der Waals surface area contributed by atoms with Crippen LogP contribution >= 0.6 is 11.3 Å². The van der Waals surface area contributed by atoms with Crippen molar-refractivity contribution in [3.05, 3.63) is 35.2 Å². The summed E-state index contributed by atoms with van der Waals surface area (Å²) in [6, 6.07) is 8.20. The fourth-order valence-electron chi connectivity index (χ4n) is 4.02. The zero-order valence-corrected chi connectivity index (χ0v) is 18.8. The summed E-state index contributed by atoms with van der Waals surface area (Å²) in [6.45, 7) is 8.18. The average molecular weight is 439 g/mol. The lowest BCUT2D eigenvalue weighted by molar-refractivity contribution is 0.279. The number of hydrogen-bond donors (Lipinski definition) is 1. The number of nitrogen functional groups attached to an aromatic ring is 1. The van der Waals surface area contributed by atoms with Gasteiger partial charge < -0.3 is 25.0 Å². The van der Waals surface area contributed by atoms with Gasteiger partial charge in [-0.05, 0) is 38.1 Å². The van der Waals surface area contributed by atoms with Gasteiger partial charge >= 0.3 is 0 Å². The fourth-order valence-corrected chi connectivity index (χ4v) is 4.93. The summed E-state index contributed by atoms with van der Waals surface area (Å²) in [5.41, 5.74) is 7.99. The van der Waals surface area contributed by atoms with E-state index < -0.39 is 0 Å². The van der Waals surface area contributed by atoms with E-state index in [0.29, 0.717) is 18.5 Å². The van der Waals surface area contributed by atoms with E-state index >= 15 is 0 Å². The molecule has 0 aliphatic carbocycles. The van der Waals surface area contributed by atoms with E-state index in [-0.39, 0.29) is 5.54 Å². The number of anilines is 3. The second-order valence-electron chi connectivity index (χ2n) is 8.43. The molecule has 0 atom stereocenters. The van der Waals surface area contributed by atoms with Gasteiger partial charge in [0.1, 0.15) is 23.0 Å². The number of hydrogen-bond acceptors (Lipinski definition) is 9. The first-order chi connectivity index (χ1) is 14.9. The highest BCUT2D eigenvalue weighted by Crippen LogP contribution is 2.36. The molecule has 3 aromatic rings. The highest BCUT2D eigenvalue weighted by molar-refractivity contribution is 7.17. The van der Waals surface area contributed by atoms with Crippen molar-refractivity contribution in [1.29, 1.82) is 0 Å². The normalized spacial score (nSPS) is 18.2. The molecule has 2 aliphatic heterocycles. The Morgan fingerprint density at radius 1 is 1.06 bits per heavy atom. The van der Waals surface area contributed by atoms with Gasteiger partial charge in [-0.25, -0.2) is 9.98 Å². The number of rotatable bonds is 4. The second-order valence-corrected chi connectivity index (χ2v) is 9.28. The van der Waals surface area contributed by atoms with Crippen LogP contribution in [0.2, 0.25) is 0 Å². The van der Waals surface area contributed by atoms with E-state index in [9.17, 15) is 0 Å². The van der Waals surface area contributed by atoms with E-state index in [1.165, 1.54) is 5.69 Å². The molecule has 0 amide bonds. The number of benzene rings is 1. The zero-order valence-electron chi connectivity index (χ0n) is 18.0. The van der Waals surface area contributed by atoms with Crippen LogP contribution in [0.5, 0.6) is 5.75 Å². The molecule has 4 heterocycles. The van der Waals surface area contributed by atoms with Crippen molar-refractivity contribution in [1.82, 2.24) is 9.97 Å². The zero-order chi connectivity index (χ0) is 21.6. The minimum Gasteiger partial charge on any atom is -0.497 e. The lowest BCUT2D eigenvalue weighted by atomic mass is 10.1. The van der Waals surface area contributed by atoms with Gasteiger partial charge in [-0.15, -0.1) is 11.3 Å². The highest BCUT2D eigenvalue weighted by atomic mass is 32.1. The van der Waals surface area contributed by atoms with Crippen LogP contribution < -0.4 is 20.3 Å². The molecule has 0 spiro atoms. The van der Waals surface area contributed by atoms with Crippen LogP contribution in [-0.2, 0) is 4.74 Å². The summed E-state index contributed by atoms with van der Waals surface area (Å²) in [5, 5.41) is 3.03. The van der Waals surface area contributed by atoms with Crippen molar-refractivity contribution in [3.8, 4) is 5.75 Å². The largest absolute Gasteiger partial charge is 0.497 e. The first-order valence-corrected chi connectivity index (χ1v) is 11.2. The van der Waals surface area contributed by atoms with Gasteiger partial charge in [0.05, 0.1) is 23.6 Å². The average Bonchev–Trinajstić information content (AvgIpc) is 3.36. The number of nitrogens with zero attached hydrogens (tertiary/aromatic N) is 5. The molecule has 0 unspecified atom stereocenters. The summed E-state index contributed by atoms with van der Waals surface area (Å²) in [6.07, 6.45) is 0. The number of ether oxygens (including phenoxy) is 2. The molecule has 8 nitrogen and oxygen atoms in total. The predicted octanol–water partition coefficient (Wildman–Crippen LogP) is 3.16. The second kappa shape index (κ2) is 7.56. The molecule has 162 valence electrons. The number of nitrogens with two attached hydrogens (primary N) is 1. The Hall–Kier alpha value is -3.07. The van der Waals surface area contributed by atoms with Gasteiger partial charge in [0, 0.05) is 37.2 Å². The monoisotopic (exact) mass is 438 g/mol. The van der Waals surface area contributed by atoms with Crippen LogP contribution in [0.25, 0.3) is 10.2 Å². The maximum atomic E-state index is 6.06. The minimum absolute atomic E-state index is 0.220. The fraction of sp³-hybridized carbons (Fsp3) is 0.409. The molecule has 2 aliphatic rings. The van der Waals surface area contributed by atoms with Crippen LogP contribution in [0.1, 0.15) is 19.4 Å². The molecular weight excluding hydrogens is 412 g/mol. The topological polar surface area (TPSA) is 89.1 Å². The third-order valence-corrected chi connectivity index (χ3v) is 6.52. The molecule has 31 heavy (non-hydrogen) atoms. The Morgan fingerprint density at radius 3 is 2.42 bits per heavy atom. The lowest BCUT2D eigenvalue weighted by Gasteiger charge is -2.37. The Kier molecular flexibility index (Phi) is 4.85. The number of methoxy groups -OCH3 is 1. The van der Waals surface area contributed by atoms with Crippen molar-refractivity contribution < 1.29 is 9.47 Å². The summed E-state index contributed by atoms with van der Waals surface area (Å²) < 4.78 is 11.2. The van der Waals surface area contributed by atoms with Crippen LogP contribution in [0, 0.1) is 0 Å². The first kappa shape index (κ1) is 19.9. The standard InChI is InChI=1S/C22H26N6O2S/c1-22(2)13-30-19(26-22)16-12-31-20-17(16)18(24-21(23)25-20)28-10-8-27(9-11-28)14-4-6-15(29-3)7-5-14/h4-7,12H,8-11,13H2,1-3H3,(H2,23,24,25). The van der Waals surface area contributed by atoms with Gasteiger partial charge in [-0.1, -0.05) is 0 Å². The predicted molar refractivity (Wildman–Crippen MR) is 126 cm³/mol. The third kappa shape index (κ3) is 3.74. The maximum Gasteiger partial charge on any atom is 0.223 e. The molecule has 2 N–H and O–H groups in total. The van der Waals surface area contributed by atoms with E-state index in [1.54, 1.807) is 18.4 Å². The van der Waals surface area contributed by atoms with Crippen molar-refractivity contribution in [3.63, 3.8) is 0 Å². The van der Waals surface area contributed by atoms with Crippen molar-refractivity contribution >= 4 is 44.9 Å². The number of aliphatic imine (C=N–C) groups is 1. The summed E-state index contributed by atoms with van der Waals surface area (Å²) >= 11 is 1.55. The first-order valence-electron chi connectivity index (χ1n) is 10.4. The van der Waals surface area contributed by atoms with E-state index in [0.717, 1.165) is 53.5 Å². The Labute approximate surface area is 185 Å². The minimum atomic E-state index is -0.220. The molecule has 5 rings (SSSR count). The molecule has 1 fully saturated rings. The number of thiophene rings is 1. The van der Waals surface area contributed by atoms with Crippen molar-refractivity contribution in [2.24, 2.45) is 4.99 Å². The molecule has 0 radical (unpaired) electrons. The van der Waals surface area contributed by atoms with Gasteiger partial charge in [-0.2, -0.15) is 4.98 Å². The van der Waals surface area contributed by atoms with Gasteiger partial charge in [0.25, 0.3) is 0 Å². The van der Waals surface area contributed by atoms with Crippen LogP contribution in [-0.4, -0.2) is 61.3 Å². The van der Waals surface area contributed by atoms with Crippen molar-refractivity contribution in [2.75, 3.05) is 55.4 Å². The Balaban J connectivity index is 1.43. The Bertz CT molecular complexity index is 1130. The lowest BCUT2D eigenvalue weighted by Crippen LogP contribution is -2.47. The molecule has 0 bridgehead atoms. The molecule has 1 aromatic carbocycles. The van der Waals surface area contributed by atoms with Crippen LogP contribution in [0.4, 0.5) is 17.5 Å². The quantitative estimate of drug-likeness (QED) is 0.669. The van der Waals surface area contributed by atoms with Gasteiger partial charge in [-0.3, -0.25) is 0 Å². The van der Waals surface area contributed by atoms with E-state index in [4.69, 9.17) is 20.2 Å². The van der Waals surface area contributed by atoms with Gasteiger partial charge in [0.15, 0.2) is 0 Å². The SMILES string of the molecule is COc1ccc(N2CCN(c3nc(N)nc4scc(C5=NC(C)(C)CO5)c34)CC2)cc1. The molecule has 0 saturated carbocycles. The summed E-state index contributed by atoms with van der Waals surface area (Å²) in [4.78, 5) is 19.4. The van der Waals surface area contributed by atoms with E-state index in [1.807, 2.05) is 12.1 Å².